The number of rotatable bonds is 7. The van der Waals surface area contributed by atoms with E-state index in [1.807, 2.05) is 13.8 Å². The second-order valence-corrected chi connectivity index (χ2v) is 8.20. The zero-order chi connectivity index (χ0) is 19.3. The molecule has 1 amide bonds. The van der Waals surface area contributed by atoms with Gasteiger partial charge in [0.1, 0.15) is 0 Å². The normalized spacial score (nSPS) is 16.0. The minimum Gasteiger partial charge on any atom is -0.493 e. The highest BCUT2D eigenvalue weighted by atomic mass is 32.2. The van der Waals surface area contributed by atoms with Gasteiger partial charge in [0, 0.05) is 38.2 Å². The maximum Gasteiger partial charge on any atom is 0.243 e. The van der Waals surface area contributed by atoms with Crippen LogP contribution in [0.5, 0.6) is 11.5 Å². The number of ether oxygens (including phenoxy) is 2. The third-order valence-corrected chi connectivity index (χ3v) is 6.77. The number of benzene rings is 1. The first-order valence-electron chi connectivity index (χ1n) is 8.89. The van der Waals surface area contributed by atoms with Crippen molar-refractivity contribution in [2.45, 2.75) is 31.6 Å². The molecule has 1 aliphatic rings. The van der Waals surface area contributed by atoms with E-state index in [-0.39, 0.29) is 16.7 Å². The molecule has 0 aromatic heterocycles. The Hall–Kier alpha value is -1.80. The Morgan fingerprint density at radius 3 is 2.12 bits per heavy atom. The standard InChI is InChI=1S/C18H28N2O5S/c1-5-14(6-2)18(21)19-9-11-20(12-10-19)26(22,23)15-7-8-16(24-3)17(13-15)25-4/h7-8,13-14H,5-6,9-12H2,1-4H3. The number of hydrogen-bond acceptors (Lipinski definition) is 5. The molecule has 146 valence electrons. The predicted octanol–water partition coefficient (Wildman–Crippen LogP) is 1.97. The summed E-state index contributed by atoms with van der Waals surface area (Å²) in [5.41, 5.74) is 0. The van der Waals surface area contributed by atoms with Crippen molar-refractivity contribution in [2.75, 3.05) is 40.4 Å². The SMILES string of the molecule is CCC(CC)C(=O)N1CCN(S(=O)(=O)c2ccc(OC)c(OC)c2)CC1. The van der Waals surface area contributed by atoms with Gasteiger partial charge in [0.15, 0.2) is 11.5 Å². The third-order valence-electron chi connectivity index (χ3n) is 4.88. The number of carbonyl (C=O) groups is 1. The maximum absolute atomic E-state index is 12.9. The van der Waals surface area contributed by atoms with Crippen LogP contribution < -0.4 is 9.47 Å². The molecule has 0 unspecified atom stereocenters. The van der Waals surface area contributed by atoms with Crippen molar-refractivity contribution in [3.05, 3.63) is 18.2 Å². The van der Waals surface area contributed by atoms with Crippen LogP contribution in [0.15, 0.2) is 23.1 Å². The van der Waals surface area contributed by atoms with Gasteiger partial charge in [-0.1, -0.05) is 13.8 Å². The van der Waals surface area contributed by atoms with Crippen LogP contribution in [-0.4, -0.2) is 63.9 Å². The smallest absolute Gasteiger partial charge is 0.243 e. The molecule has 1 aromatic carbocycles. The number of methoxy groups -OCH3 is 2. The molecule has 0 atom stereocenters. The number of carbonyl (C=O) groups excluding carboxylic acids is 1. The van der Waals surface area contributed by atoms with Gasteiger partial charge < -0.3 is 14.4 Å². The summed E-state index contributed by atoms with van der Waals surface area (Å²) in [4.78, 5) is 14.4. The van der Waals surface area contributed by atoms with Gasteiger partial charge in [0.2, 0.25) is 15.9 Å². The Kier molecular flexibility index (Phi) is 6.88. The highest BCUT2D eigenvalue weighted by molar-refractivity contribution is 7.89. The van der Waals surface area contributed by atoms with E-state index in [2.05, 4.69) is 0 Å². The summed E-state index contributed by atoms with van der Waals surface area (Å²) in [6, 6.07) is 4.56. The molecule has 0 N–H and O–H groups in total. The second-order valence-electron chi connectivity index (χ2n) is 6.26. The number of nitrogens with zero attached hydrogens (tertiary/aromatic N) is 2. The zero-order valence-electron chi connectivity index (χ0n) is 15.9. The average molecular weight is 384 g/mol. The fraction of sp³-hybridized carbons (Fsp3) is 0.611. The maximum atomic E-state index is 12.9. The van der Waals surface area contributed by atoms with E-state index in [0.717, 1.165) is 12.8 Å². The van der Waals surface area contributed by atoms with Gasteiger partial charge in [0.05, 0.1) is 19.1 Å². The van der Waals surface area contributed by atoms with E-state index in [4.69, 9.17) is 9.47 Å². The number of hydrogen-bond donors (Lipinski definition) is 0. The van der Waals surface area contributed by atoms with Crippen LogP contribution in [0.25, 0.3) is 0 Å². The van der Waals surface area contributed by atoms with E-state index >= 15 is 0 Å². The van der Waals surface area contributed by atoms with Crippen molar-refractivity contribution in [3.8, 4) is 11.5 Å². The Balaban J connectivity index is 2.12. The Labute approximate surface area is 155 Å². The zero-order valence-corrected chi connectivity index (χ0v) is 16.7. The van der Waals surface area contributed by atoms with E-state index in [1.54, 1.807) is 11.0 Å². The monoisotopic (exact) mass is 384 g/mol. The highest BCUT2D eigenvalue weighted by Crippen LogP contribution is 2.31. The molecule has 0 bridgehead atoms. The van der Waals surface area contributed by atoms with Crippen molar-refractivity contribution in [3.63, 3.8) is 0 Å². The van der Waals surface area contributed by atoms with E-state index in [1.165, 1.54) is 30.7 Å². The number of amides is 1. The summed E-state index contributed by atoms with van der Waals surface area (Å²) in [6.45, 7) is 5.43. The minimum atomic E-state index is -3.64. The van der Waals surface area contributed by atoms with E-state index in [9.17, 15) is 13.2 Å². The molecule has 0 spiro atoms. The lowest BCUT2D eigenvalue weighted by atomic mass is 10.0. The average Bonchev–Trinajstić information content (AvgIpc) is 2.68. The molecule has 0 aliphatic carbocycles. The molecule has 1 saturated heterocycles. The van der Waals surface area contributed by atoms with Crippen LogP contribution in [0.3, 0.4) is 0 Å². The molecule has 2 rings (SSSR count). The molecule has 1 aromatic rings. The summed E-state index contributed by atoms with van der Waals surface area (Å²) in [5.74, 6) is 0.991. The number of sulfonamides is 1. The van der Waals surface area contributed by atoms with Crippen molar-refractivity contribution in [2.24, 2.45) is 5.92 Å². The third kappa shape index (κ3) is 4.12. The Morgan fingerprint density at radius 1 is 1.04 bits per heavy atom. The lowest BCUT2D eigenvalue weighted by molar-refractivity contribution is -0.136. The van der Waals surface area contributed by atoms with Crippen molar-refractivity contribution >= 4 is 15.9 Å². The van der Waals surface area contributed by atoms with Gasteiger partial charge in [-0.2, -0.15) is 4.31 Å². The first kappa shape index (κ1) is 20.5. The van der Waals surface area contributed by atoms with E-state index in [0.29, 0.717) is 37.7 Å². The molecular formula is C18H28N2O5S. The van der Waals surface area contributed by atoms with Crippen molar-refractivity contribution in [1.29, 1.82) is 0 Å². The van der Waals surface area contributed by atoms with Crippen LogP contribution in [0.1, 0.15) is 26.7 Å². The topological polar surface area (TPSA) is 76.2 Å². The summed E-state index contributed by atoms with van der Waals surface area (Å²) in [7, 11) is -0.669. The summed E-state index contributed by atoms with van der Waals surface area (Å²) in [6.07, 6.45) is 1.61. The van der Waals surface area contributed by atoms with Gasteiger partial charge in [-0.15, -0.1) is 0 Å². The fourth-order valence-electron chi connectivity index (χ4n) is 3.17. The van der Waals surface area contributed by atoms with Crippen LogP contribution in [0.4, 0.5) is 0 Å². The summed E-state index contributed by atoms with van der Waals surface area (Å²) >= 11 is 0. The molecule has 26 heavy (non-hydrogen) atoms. The Morgan fingerprint density at radius 2 is 1.62 bits per heavy atom. The molecule has 0 radical (unpaired) electrons. The van der Waals surface area contributed by atoms with E-state index < -0.39 is 10.0 Å². The molecular weight excluding hydrogens is 356 g/mol. The van der Waals surface area contributed by atoms with Crippen molar-refractivity contribution in [1.82, 2.24) is 9.21 Å². The van der Waals surface area contributed by atoms with Crippen molar-refractivity contribution < 1.29 is 22.7 Å². The molecule has 0 saturated carbocycles. The van der Waals surface area contributed by atoms with Gasteiger partial charge in [-0.25, -0.2) is 8.42 Å². The van der Waals surface area contributed by atoms with Gasteiger partial charge in [-0.05, 0) is 25.0 Å². The first-order valence-corrected chi connectivity index (χ1v) is 10.3. The molecule has 1 fully saturated rings. The molecule has 7 nitrogen and oxygen atoms in total. The predicted molar refractivity (Wildman–Crippen MR) is 99.0 cm³/mol. The summed E-state index contributed by atoms with van der Waals surface area (Å²) in [5, 5.41) is 0. The fourth-order valence-corrected chi connectivity index (χ4v) is 4.61. The van der Waals surface area contributed by atoms with Gasteiger partial charge >= 0.3 is 0 Å². The van der Waals surface area contributed by atoms with Gasteiger partial charge in [0.25, 0.3) is 0 Å². The van der Waals surface area contributed by atoms with Crippen LogP contribution in [0, 0.1) is 5.92 Å². The van der Waals surface area contributed by atoms with Crippen LogP contribution in [-0.2, 0) is 14.8 Å². The molecule has 1 heterocycles. The molecule has 1 aliphatic heterocycles. The second kappa shape index (κ2) is 8.73. The first-order chi connectivity index (χ1) is 12.4. The number of piperazine rings is 1. The lowest BCUT2D eigenvalue weighted by Crippen LogP contribution is -2.51. The minimum absolute atomic E-state index is 0.0176. The lowest BCUT2D eigenvalue weighted by Gasteiger charge is -2.35. The van der Waals surface area contributed by atoms with Crippen LogP contribution in [0.2, 0.25) is 0 Å². The highest BCUT2D eigenvalue weighted by Gasteiger charge is 2.32. The quantitative estimate of drug-likeness (QED) is 0.718. The van der Waals surface area contributed by atoms with Crippen LogP contribution >= 0.6 is 0 Å². The van der Waals surface area contributed by atoms with Gasteiger partial charge in [-0.3, -0.25) is 4.79 Å². The molecule has 8 heteroatoms. The summed E-state index contributed by atoms with van der Waals surface area (Å²) < 4.78 is 37.6. The Bertz CT molecular complexity index is 723. The largest absolute Gasteiger partial charge is 0.493 e.